The topological polar surface area (TPSA) is 102 Å². The van der Waals surface area contributed by atoms with Crippen LogP contribution in [0.5, 0.6) is 0 Å². The molecule has 0 radical (unpaired) electrons. The second-order valence-electron chi connectivity index (χ2n) is 4.90. The molecule has 3 rings (SSSR count). The molecule has 0 atom stereocenters. The number of thiophene rings is 1. The van der Waals surface area contributed by atoms with Crippen molar-refractivity contribution in [3.05, 3.63) is 44.6 Å². The number of amides is 1. The fourth-order valence-electron chi connectivity index (χ4n) is 1.89. The SMILES string of the molecule is CS(=O)(=O)c1ccc(C(=O)Nc2nnc(-c3cc(Cl)sc3Cl)o2)cc1. The lowest BCUT2D eigenvalue weighted by Gasteiger charge is -2.02. The van der Waals surface area contributed by atoms with Gasteiger partial charge in [0.15, 0.2) is 9.84 Å². The van der Waals surface area contributed by atoms with Gasteiger partial charge in [-0.1, -0.05) is 28.3 Å². The number of anilines is 1. The first-order valence-corrected chi connectivity index (χ1v) is 10.1. The van der Waals surface area contributed by atoms with E-state index >= 15 is 0 Å². The van der Waals surface area contributed by atoms with Crippen LogP contribution in [0.4, 0.5) is 6.01 Å². The van der Waals surface area contributed by atoms with Gasteiger partial charge in [-0.05, 0) is 30.3 Å². The lowest BCUT2D eigenvalue weighted by molar-refractivity contribution is 0.102. The third kappa shape index (κ3) is 4.01. The Kier molecular flexibility index (Phi) is 4.83. The van der Waals surface area contributed by atoms with Crippen LogP contribution in [0.1, 0.15) is 10.4 Å². The zero-order valence-electron chi connectivity index (χ0n) is 12.5. The zero-order valence-corrected chi connectivity index (χ0v) is 15.6. The first-order chi connectivity index (χ1) is 11.7. The number of carbonyl (C=O) groups is 1. The molecule has 25 heavy (non-hydrogen) atoms. The van der Waals surface area contributed by atoms with Gasteiger partial charge in [0.1, 0.15) is 4.34 Å². The molecule has 0 aliphatic heterocycles. The smallest absolute Gasteiger partial charge is 0.322 e. The van der Waals surface area contributed by atoms with Gasteiger partial charge >= 0.3 is 6.01 Å². The number of aromatic nitrogens is 2. The zero-order chi connectivity index (χ0) is 18.2. The third-order valence-electron chi connectivity index (χ3n) is 3.08. The molecular weight excluding hydrogens is 409 g/mol. The Morgan fingerprint density at radius 1 is 1.20 bits per heavy atom. The first kappa shape index (κ1) is 17.9. The van der Waals surface area contributed by atoms with Crippen LogP contribution in [0.3, 0.4) is 0 Å². The lowest BCUT2D eigenvalue weighted by atomic mass is 10.2. The van der Waals surface area contributed by atoms with Gasteiger partial charge < -0.3 is 4.42 Å². The van der Waals surface area contributed by atoms with E-state index in [9.17, 15) is 13.2 Å². The molecule has 0 saturated carbocycles. The van der Waals surface area contributed by atoms with Gasteiger partial charge in [0.25, 0.3) is 11.8 Å². The molecule has 1 amide bonds. The van der Waals surface area contributed by atoms with Crippen molar-refractivity contribution in [3.8, 4) is 11.5 Å². The molecule has 1 N–H and O–H groups in total. The Labute approximate surface area is 156 Å². The highest BCUT2D eigenvalue weighted by Crippen LogP contribution is 2.37. The van der Waals surface area contributed by atoms with Gasteiger partial charge in [-0.2, -0.15) is 0 Å². The standard InChI is InChI=1S/C14H9Cl2N3O4S2/c1-25(21,22)8-4-2-7(3-5-8)12(20)17-14-19-18-13(23-14)9-6-10(15)24-11(9)16/h2-6H,1H3,(H,17,19,20). The maximum atomic E-state index is 12.2. The maximum absolute atomic E-state index is 12.2. The van der Waals surface area contributed by atoms with Crippen molar-refractivity contribution in [2.24, 2.45) is 0 Å². The molecule has 0 spiro atoms. The molecule has 1 aromatic carbocycles. The second kappa shape index (κ2) is 6.75. The number of benzene rings is 1. The number of nitrogens with zero attached hydrogens (tertiary/aromatic N) is 2. The number of sulfone groups is 1. The van der Waals surface area contributed by atoms with E-state index in [0.717, 1.165) is 17.6 Å². The van der Waals surface area contributed by atoms with E-state index < -0.39 is 15.7 Å². The molecule has 0 bridgehead atoms. The Morgan fingerprint density at radius 2 is 1.88 bits per heavy atom. The van der Waals surface area contributed by atoms with Crippen LogP contribution in [0.25, 0.3) is 11.5 Å². The van der Waals surface area contributed by atoms with Crippen LogP contribution >= 0.6 is 34.5 Å². The van der Waals surface area contributed by atoms with Crippen LogP contribution in [-0.2, 0) is 9.84 Å². The maximum Gasteiger partial charge on any atom is 0.322 e. The lowest BCUT2D eigenvalue weighted by Crippen LogP contribution is -2.12. The van der Waals surface area contributed by atoms with Crippen LogP contribution in [-0.4, -0.2) is 30.8 Å². The monoisotopic (exact) mass is 417 g/mol. The molecule has 0 unspecified atom stereocenters. The number of halogens is 2. The van der Waals surface area contributed by atoms with Gasteiger partial charge in [-0.3, -0.25) is 10.1 Å². The van der Waals surface area contributed by atoms with E-state index in [1.54, 1.807) is 6.07 Å². The molecule has 0 aliphatic carbocycles. The summed E-state index contributed by atoms with van der Waals surface area (Å²) in [5.74, 6) is -0.402. The minimum Gasteiger partial charge on any atom is -0.403 e. The van der Waals surface area contributed by atoms with Gasteiger partial charge in [0, 0.05) is 11.8 Å². The molecule has 130 valence electrons. The average molecular weight is 418 g/mol. The molecule has 3 aromatic rings. The van der Waals surface area contributed by atoms with Crippen molar-refractivity contribution in [2.45, 2.75) is 4.90 Å². The Balaban J connectivity index is 1.77. The molecular formula is C14H9Cl2N3O4S2. The summed E-state index contributed by atoms with van der Waals surface area (Å²) in [6, 6.07) is 6.92. The Morgan fingerprint density at radius 3 is 2.44 bits per heavy atom. The molecule has 11 heteroatoms. The van der Waals surface area contributed by atoms with E-state index in [1.807, 2.05) is 0 Å². The van der Waals surface area contributed by atoms with Crippen molar-refractivity contribution in [2.75, 3.05) is 11.6 Å². The summed E-state index contributed by atoms with van der Waals surface area (Å²) in [5, 5.41) is 9.96. The Hall–Kier alpha value is -1.94. The van der Waals surface area contributed by atoms with Crippen LogP contribution in [0.15, 0.2) is 39.6 Å². The molecule has 0 aliphatic rings. The second-order valence-corrected chi connectivity index (χ2v) is 9.20. The van der Waals surface area contributed by atoms with Gasteiger partial charge in [0.05, 0.1) is 14.8 Å². The molecule has 2 aromatic heterocycles. The largest absolute Gasteiger partial charge is 0.403 e. The summed E-state index contributed by atoms with van der Waals surface area (Å²) < 4.78 is 29.0. The number of nitrogens with one attached hydrogen (secondary N) is 1. The van der Waals surface area contributed by atoms with Crippen molar-refractivity contribution in [1.82, 2.24) is 10.2 Å². The van der Waals surface area contributed by atoms with Gasteiger partial charge in [-0.25, -0.2) is 8.42 Å². The predicted octanol–water partition coefficient (Wildman–Crippen LogP) is 3.76. The predicted molar refractivity (Wildman–Crippen MR) is 95.1 cm³/mol. The molecule has 0 fully saturated rings. The Bertz CT molecular complexity index is 1040. The molecule has 0 saturated heterocycles. The summed E-state index contributed by atoms with van der Waals surface area (Å²) in [6.45, 7) is 0. The first-order valence-electron chi connectivity index (χ1n) is 6.64. The summed E-state index contributed by atoms with van der Waals surface area (Å²) >= 11 is 13.0. The van der Waals surface area contributed by atoms with E-state index in [0.29, 0.717) is 14.2 Å². The summed E-state index contributed by atoms with van der Waals surface area (Å²) in [5.41, 5.74) is 0.714. The highest BCUT2D eigenvalue weighted by atomic mass is 35.5. The minimum absolute atomic E-state index is 0.119. The summed E-state index contributed by atoms with van der Waals surface area (Å²) in [7, 11) is -3.33. The molecule has 7 nitrogen and oxygen atoms in total. The van der Waals surface area contributed by atoms with E-state index in [2.05, 4.69) is 15.5 Å². The fourth-order valence-corrected chi connectivity index (χ4v) is 3.97. The average Bonchev–Trinajstić information content (AvgIpc) is 3.12. The van der Waals surface area contributed by atoms with Crippen LogP contribution in [0, 0.1) is 0 Å². The third-order valence-corrected chi connectivity index (χ3v) is 5.69. The number of hydrogen-bond acceptors (Lipinski definition) is 7. The van der Waals surface area contributed by atoms with Crippen molar-refractivity contribution in [1.29, 1.82) is 0 Å². The van der Waals surface area contributed by atoms with E-state index in [4.69, 9.17) is 27.6 Å². The van der Waals surface area contributed by atoms with E-state index in [-0.39, 0.29) is 22.4 Å². The minimum atomic E-state index is -3.33. The van der Waals surface area contributed by atoms with Crippen molar-refractivity contribution >= 4 is 56.3 Å². The van der Waals surface area contributed by atoms with Gasteiger partial charge in [0.2, 0.25) is 0 Å². The number of carbonyl (C=O) groups excluding carboxylic acids is 1. The number of rotatable bonds is 4. The van der Waals surface area contributed by atoms with Crippen molar-refractivity contribution in [3.63, 3.8) is 0 Å². The van der Waals surface area contributed by atoms with Crippen molar-refractivity contribution < 1.29 is 17.6 Å². The number of hydrogen-bond donors (Lipinski definition) is 1. The summed E-state index contributed by atoms with van der Waals surface area (Å²) in [6.07, 6.45) is 1.09. The fraction of sp³-hybridized carbons (Fsp3) is 0.0714. The quantitative estimate of drug-likeness (QED) is 0.692. The highest BCUT2D eigenvalue weighted by Gasteiger charge is 2.17. The highest BCUT2D eigenvalue weighted by molar-refractivity contribution is 7.90. The van der Waals surface area contributed by atoms with Crippen LogP contribution in [0.2, 0.25) is 8.67 Å². The van der Waals surface area contributed by atoms with Gasteiger partial charge in [-0.15, -0.1) is 16.4 Å². The normalized spacial score (nSPS) is 11.5. The summed E-state index contributed by atoms with van der Waals surface area (Å²) in [4.78, 5) is 12.3. The van der Waals surface area contributed by atoms with E-state index in [1.165, 1.54) is 24.3 Å². The molecule has 2 heterocycles. The van der Waals surface area contributed by atoms with Crippen LogP contribution < -0.4 is 5.32 Å².